The zero-order valence-corrected chi connectivity index (χ0v) is 9.47. The van der Waals surface area contributed by atoms with Crippen LogP contribution in [0.2, 0.25) is 0 Å². The molecule has 0 aromatic carbocycles. The predicted octanol–water partition coefficient (Wildman–Crippen LogP) is -0.834. The van der Waals surface area contributed by atoms with Crippen LogP contribution in [0.5, 0.6) is 0 Å². The lowest BCUT2D eigenvalue weighted by Crippen LogP contribution is -2.52. The van der Waals surface area contributed by atoms with Crippen molar-refractivity contribution in [2.75, 3.05) is 19.6 Å². The van der Waals surface area contributed by atoms with E-state index < -0.39 is 0 Å². The molecule has 1 aliphatic rings. The van der Waals surface area contributed by atoms with Gasteiger partial charge in [0.05, 0.1) is 25.3 Å². The van der Waals surface area contributed by atoms with Crippen LogP contribution in [0.1, 0.15) is 10.5 Å². The van der Waals surface area contributed by atoms with Gasteiger partial charge >= 0.3 is 0 Å². The number of hydrogen-bond acceptors (Lipinski definition) is 4. The van der Waals surface area contributed by atoms with E-state index in [0.29, 0.717) is 5.69 Å². The van der Waals surface area contributed by atoms with Crippen LogP contribution in [0, 0.1) is 0 Å². The fourth-order valence-electron chi connectivity index (χ4n) is 1.84. The number of carbonyl (C=O) groups excluding carboxylic acids is 3. The van der Waals surface area contributed by atoms with Gasteiger partial charge in [-0.15, -0.1) is 0 Å². The van der Waals surface area contributed by atoms with Gasteiger partial charge in [-0.1, -0.05) is 0 Å². The predicted molar refractivity (Wildman–Crippen MR) is 59.3 cm³/mol. The summed E-state index contributed by atoms with van der Waals surface area (Å²) >= 11 is 0. The normalized spacial score (nSPS) is 17.0. The summed E-state index contributed by atoms with van der Waals surface area (Å²) in [7, 11) is 1.78. The van der Waals surface area contributed by atoms with E-state index in [1.165, 1.54) is 4.90 Å². The van der Waals surface area contributed by atoms with Gasteiger partial charge in [-0.05, 0) is 12.1 Å². The third-order valence-electron chi connectivity index (χ3n) is 2.61. The van der Waals surface area contributed by atoms with Crippen molar-refractivity contribution < 1.29 is 14.4 Å². The molecule has 1 N–H and O–H groups in total. The summed E-state index contributed by atoms with van der Waals surface area (Å²) in [5.41, 5.74) is 0.573. The minimum atomic E-state index is -0.360. The Kier molecular flexibility index (Phi) is 3.06. The standard InChI is InChI=1S/C11H13N3O3/c1-13-4-2-3-8(13)9(15)5-14-6-10(16)12-11(17)7-14/h2-4H,5-7H2,1H3,(H,12,16,17). The van der Waals surface area contributed by atoms with Gasteiger partial charge in [0.1, 0.15) is 0 Å². The molecule has 0 unspecified atom stereocenters. The van der Waals surface area contributed by atoms with Gasteiger partial charge in [-0.3, -0.25) is 24.6 Å². The first kappa shape index (κ1) is 11.5. The Morgan fingerprint density at radius 3 is 2.53 bits per heavy atom. The summed E-state index contributed by atoms with van der Waals surface area (Å²) in [5, 5.41) is 2.19. The van der Waals surface area contributed by atoms with Gasteiger partial charge in [-0.2, -0.15) is 0 Å². The van der Waals surface area contributed by atoms with Crippen LogP contribution in [-0.4, -0.2) is 46.7 Å². The van der Waals surface area contributed by atoms with Crippen molar-refractivity contribution in [1.82, 2.24) is 14.8 Å². The number of nitrogens with one attached hydrogen (secondary N) is 1. The molecule has 1 fully saturated rings. The molecule has 1 saturated heterocycles. The van der Waals surface area contributed by atoms with E-state index >= 15 is 0 Å². The van der Waals surface area contributed by atoms with Gasteiger partial charge in [0.15, 0.2) is 5.78 Å². The Bertz CT molecular complexity index is 462. The average Bonchev–Trinajstić information content (AvgIpc) is 2.62. The van der Waals surface area contributed by atoms with E-state index in [2.05, 4.69) is 5.32 Å². The van der Waals surface area contributed by atoms with Crippen molar-refractivity contribution in [1.29, 1.82) is 0 Å². The maximum atomic E-state index is 11.9. The van der Waals surface area contributed by atoms with Crippen molar-refractivity contribution in [2.24, 2.45) is 7.05 Å². The van der Waals surface area contributed by atoms with Gasteiger partial charge in [-0.25, -0.2) is 0 Å². The molecule has 0 saturated carbocycles. The van der Waals surface area contributed by atoms with Crippen LogP contribution in [0.4, 0.5) is 0 Å². The first-order valence-electron chi connectivity index (χ1n) is 5.26. The number of hydrogen-bond donors (Lipinski definition) is 1. The Labute approximate surface area is 98.2 Å². The van der Waals surface area contributed by atoms with Crippen LogP contribution in [0.15, 0.2) is 18.3 Å². The second-order valence-corrected chi connectivity index (χ2v) is 4.04. The van der Waals surface area contributed by atoms with Crippen molar-refractivity contribution in [3.8, 4) is 0 Å². The molecular formula is C11H13N3O3. The van der Waals surface area contributed by atoms with E-state index in [4.69, 9.17) is 0 Å². The Morgan fingerprint density at radius 1 is 1.35 bits per heavy atom. The Morgan fingerprint density at radius 2 is 2.00 bits per heavy atom. The Balaban J connectivity index is 2.02. The van der Waals surface area contributed by atoms with E-state index in [9.17, 15) is 14.4 Å². The zero-order valence-electron chi connectivity index (χ0n) is 9.47. The highest BCUT2D eigenvalue weighted by Gasteiger charge is 2.24. The Hall–Kier alpha value is -1.95. The SMILES string of the molecule is Cn1cccc1C(=O)CN1CC(=O)NC(=O)C1. The van der Waals surface area contributed by atoms with Crippen molar-refractivity contribution in [3.05, 3.63) is 24.0 Å². The van der Waals surface area contributed by atoms with Crippen molar-refractivity contribution in [2.45, 2.75) is 0 Å². The quantitative estimate of drug-likeness (QED) is 0.548. The summed E-state index contributed by atoms with van der Waals surface area (Å²) in [6.45, 7) is 0.251. The molecule has 0 aliphatic carbocycles. The smallest absolute Gasteiger partial charge is 0.240 e. The number of nitrogens with zero attached hydrogens (tertiary/aromatic N) is 2. The van der Waals surface area contributed by atoms with Gasteiger partial charge in [0.25, 0.3) is 0 Å². The highest BCUT2D eigenvalue weighted by Crippen LogP contribution is 2.04. The van der Waals surface area contributed by atoms with E-state index in [1.807, 2.05) is 0 Å². The highest BCUT2D eigenvalue weighted by atomic mass is 16.2. The minimum absolute atomic E-state index is 0.0804. The number of aromatic nitrogens is 1. The first-order valence-corrected chi connectivity index (χ1v) is 5.26. The molecular weight excluding hydrogens is 222 g/mol. The molecule has 2 heterocycles. The molecule has 1 aromatic rings. The molecule has 2 rings (SSSR count). The number of imide groups is 1. The summed E-state index contributed by atoms with van der Waals surface area (Å²) < 4.78 is 1.72. The lowest BCUT2D eigenvalue weighted by molar-refractivity contribution is -0.135. The molecule has 0 radical (unpaired) electrons. The van der Waals surface area contributed by atoms with Gasteiger partial charge in [0.2, 0.25) is 11.8 Å². The van der Waals surface area contributed by atoms with Gasteiger partial charge < -0.3 is 4.57 Å². The van der Waals surface area contributed by atoms with E-state index in [0.717, 1.165) is 0 Å². The van der Waals surface area contributed by atoms with Crippen LogP contribution in [0.25, 0.3) is 0 Å². The monoisotopic (exact) mass is 235 g/mol. The number of aryl methyl sites for hydroxylation is 1. The lowest BCUT2D eigenvalue weighted by atomic mass is 10.2. The molecule has 90 valence electrons. The molecule has 1 aromatic heterocycles. The zero-order chi connectivity index (χ0) is 12.4. The van der Waals surface area contributed by atoms with Gasteiger partial charge in [0, 0.05) is 13.2 Å². The van der Waals surface area contributed by atoms with E-state index in [-0.39, 0.29) is 37.2 Å². The van der Waals surface area contributed by atoms with Crippen LogP contribution < -0.4 is 5.32 Å². The maximum absolute atomic E-state index is 11.9. The molecule has 2 amide bonds. The van der Waals surface area contributed by atoms with Crippen molar-refractivity contribution in [3.63, 3.8) is 0 Å². The topological polar surface area (TPSA) is 71.4 Å². The van der Waals surface area contributed by atoms with Crippen molar-refractivity contribution >= 4 is 17.6 Å². The lowest BCUT2D eigenvalue weighted by Gasteiger charge is -2.24. The first-order chi connectivity index (χ1) is 8.06. The summed E-state index contributed by atoms with van der Waals surface area (Å²) in [4.78, 5) is 35.7. The summed E-state index contributed by atoms with van der Waals surface area (Å²) in [6, 6.07) is 3.50. The molecule has 0 atom stereocenters. The molecule has 0 bridgehead atoms. The number of rotatable bonds is 3. The fourth-order valence-corrected chi connectivity index (χ4v) is 1.84. The summed E-state index contributed by atoms with van der Waals surface area (Å²) in [5.74, 6) is -0.818. The second-order valence-electron chi connectivity index (χ2n) is 4.04. The van der Waals surface area contributed by atoms with Crippen LogP contribution in [0.3, 0.4) is 0 Å². The highest BCUT2D eigenvalue weighted by molar-refractivity contribution is 6.01. The van der Waals surface area contributed by atoms with Crippen LogP contribution in [-0.2, 0) is 16.6 Å². The number of Topliss-reactive ketones (excluding diaryl/α,β-unsaturated/α-hetero) is 1. The third-order valence-corrected chi connectivity index (χ3v) is 2.61. The van der Waals surface area contributed by atoms with Crippen LogP contribution >= 0.6 is 0 Å². The third kappa shape index (κ3) is 2.59. The number of ketones is 1. The fraction of sp³-hybridized carbons (Fsp3) is 0.364. The molecule has 1 aliphatic heterocycles. The number of carbonyl (C=O) groups is 3. The number of amides is 2. The largest absolute Gasteiger partial charge is 0.348 e. The molecule has 6 heteroatoms. The minimum Gasteiger partial charge on any atom is -0.348 e. The van der Waals surface area contributed by atoms with E-state index in [1.54, 1.807) is 29.9 Å². The average molecular weight is 235 g/mol. The number of piperazine rings is 1. The molecule has 0 spiro atoms. The molecule has 6 nitrogen and oxygen atoms in total. The second kappa shape index (κ2) is 4.50. The molecule has 17 heavy (non-hydrogen) atoms. The summed E-state index contributed by atoms with van der Waals surface area (Å²) in [6.07, 6.45) is 1.78. The maximum Gasteiger partial charge on any atom is 0.240 e.